The van der Waals surface area contributed by atoms with Gasteiger partial charge in [0.2, 0.25) is 0 Å². The lowest BCUT2D eigenvalue weighted by molar-refractivity contribution is 0.0691. The summed E-state index contributed by atoms with van der Waals surface area (Å²) in [6, 6.07) is 3.80. The molecular weight excluding hydrogens is 285 g/mol. The van der Waals surface area contributed by atoms with Gasteiger partial charge < -0.3 is 15.4 Å². The van der Waals surface area contributed by atoms with Gasteiger partial charge in [0.1, 0.15) is 11.5 Å². The number of hydrogen-bond donors (Lipinski definition) is 4. The highest BCUT2D eigenvalue weighted by atomic mass is 19.1. The van der Waals surface area contributed by atoms with Crippen molar-refractivity contribution in [3.63, 3.8) is 0 Å². The molecule has 0 bridgehead atoms. The molecule has 4 N–H and O–H groups in total. The number of carbonyl (C=O) groups is 2. The number of aromatic nitrogens is 2. The Bertz CT molecular complexity index is 811. The minimum atomic E-state index is -1.49. The van der Waals surface area contributed by atoms with Crippen LogP contribution in [0.4, 0.5) is 10.1 Å². The van der Waals surface area contributed by atoms with E-state index >= 15 is 0 Å². The van der Waals surface area contributed by atoms with Gasteiger partial charge in [-0.2, -0.15) is 0 Å². The van der Waals surface area contributed by atoms with Crippen LogP contribution in [0.25, 0.3) is 0 Å². The van der Waals surface area contributed by atoms with Gasteiger partial charge in [0, 0.05) is 11.8 Å². The number of H-pyrrole nitrogens is 2. The van der Waals surface area contributed by atoms with E-state index in [-0.39, 0.29) is 11.4 Å². The molecule has 9 heteroatoms. The van der Waals surface area contributed by atoms with Gasteiger partial charge in [0.15, 0.2) is 0 Å². The molecule has 0 unspecified atom stereocenters. The van der Waals surface area contributed by atoms with Gasteiger partial charge >= 0.3 is 11.7 Å². The van der Waals surface area contributed by atoms with Crippen LogP contribution in [0.1, 0.15) is 20.8 Å². The van der Waals surface area contributed by atoms with E-state index in [1.807, 2.05) is 4.98 Å². The van der Waals surface area contributed by atoms with Crippen LogP contribution >= 0.6 is 0 Å². The molecule has 8 nitrogen and oxygen atoms in total. The summed E-state index contributed by atoms with van der Waals surface area (Å²) in [5, 5.41) is 11.0. The third-order valence-electron chi connectivity index (χ3n) is 2.46. The van der Waals surface area contributed by atoms with Gasteiger partial charge in [-0.1, -0.05) is 0 Å². The fraction of sp³-hybridized carbons (Fsp3) is 0. The normalized spacial score (nSPS) is 10.1. The summed E-state index contributed by atoms with van der Waals surface area (Å²) in [5.74, 6) is -3.29. The van der Waals surface area contributed by atoms with Crippen molar-refractivity contribution in [3.05, 3.63) is 62.2 Å². The van der Waals surface area contributed by atoms with Crippen LogP contribution in [0.5, 0.6) is 0 Å². The molecule has 0 saturated carbocycles. The Kier molecular flexibility index (Phi) is 3.65. The van der Waals surface area contributed by atoms with Crippen molar-refractivity contribution in [2.45, 2.75) is 0 Å². The number of carboxylic acid groups (broad SMARTS) is 1. The number of carboxylic acids is 1. The van der Waals surface area contributed by atoms with E-state index in [1.165, 1.54) is 0 Å². The summed E-state index contributed by atoms with van der Waals surface area (Å²) in [7, 11) is 0. The van der Waals surface area contributed by atoms with E-state index in [9.17, 15) is 23.6 Å². The molecule has 0 aliphatic carbocycles. The van der Waals surface area contributed by atoms with Gasteiger partial charge in [-0.25, -0.2) is 14.0 Å². The van der Waals surface area contributed by atoms with Crippen molar-refractivity contribution in [2.24, 2.45) is 0 Å². The Morgan fingerprint density at radius 2 is 1.86 bits per heavy atom. The standard InChI is InChI=1S/C12H8FN3O5/c13-7-2-1-5(3-6(7)11(19)20)14-10(18)8-4-9(17)16-12(21)15-8/h1-4H,(H,14,18)(H,19,20)(H2,15,16,17,21). The molecule has 21 heavy (non-hydrogen) atoms. The molecule has 0 aliphatic rings. The molecule has 108 valence electrons. The molecule has 0 aliphatic heterocycles. The third-order valence-corrected chi connectivity index (χ3v) is 2.46. The van der Waals surface area contributed by atoms with Crippen LogP contribution < -0.4 is 16.6 Å². The van der Waals surface area contributed by atoms with Crippen LogP contribution in [0.2, 0.25) is 0 Å². The predicted molar refractivity (Wildman–Crippen MR) is 69.0 cm³/mol. The quantitative estimate of drug-likeness (QED) is 0.639. The van der Waals surface area contributed by atoms with Gasteiger partial charge in [0.25, 0.3) is 11.5 Å². The second-order valence-electron chi connectivity index (χ2n) is 3.96. The lowest BCUT2D eigenvalue weighted by Crippen LogP contribution is -2.27. The molecule has 1 heterocycles. The van der Waals surface area contributed by atoms with Crippen LogP contribution in [0.3, 0.4) is 0 Å². The lowest BCUT2D eigenvalue weighted by Gasteiger charge is -2.06. The summed E-state index contributed by atoms with van der Waals surface area (Å²) >= 11 is 0. The molecule has 1 aromatic heterocycles. The third kappa shape index (κ3) is 3.21. The van der Waals surface area contributed by atoms with Crippen molar-refractivity contribution in [2.75, 3.05) is 5.32 Å². The fourth-order valence-corrected chi connectivity index (χ4v) is 1.56. The number of anilines is 1. The van der Waals surface area contributed by atoms with E-state index in [2.05, 4.69) is 10.3 Å². The van der Waals surface area contributed by atoms with Crippen LogP contribution in [0.15, 0.2) is 33.9 Å². The molecule has 0 radical (unpaired) electrons. The van der Waals surface area contributed by atoms with E-state index in [4.69, 9.17) is 5.11 Å². The number of rotatable bonds is 3. The van der Waals surface area contributed by atoms with Gasteiger partial charge in [-0.15, -0.1) is 0 Å². The second kappa shape index (κ2) is 5.41. The zero-order valence-corrected chi connectivity index (χ0v) is 10.3. The smallest absolute Gasteiger partial charge is 0.338 e. The molecule has 0 atom stereocenters. The number of carbonyl (C=O) groups excluding carboxylic acids is 1. The van der Waals surface area contributed by atoms with Crippen molar-refractivity contribution >= 4 is 17.6 Å². The first kappa shape index (κ1) is 14.2. The predicted octanol–water partition coefficient (Wildman–Crippen LogP) is 0.153. The van der Waals surface area contributed by atoms with E-state index in [1.54, 1.807) is 0 Å². The Hall–Kier alpha value is -3.23. The SMILES string of the molecule is O=C(Nc1ccc(F)c(C(=O)O)c1)c1cc(=O)[nH]c(=O)[nH]1. The Morgan fingerprint density at radius 1 is 1.14 bits per heavy atom. The van der Waals surface area contributed by atoms with Crippen LogP contribution in [0, 0.1) is 5.82 Å². The van der Waals surface area contributed by atoms with E-state index < -0.39 is 34.5 Å². The summed E-state index contributed by atoms with van der Waals surface area (Å²) in [6.45, 7) is 0. The number of halogens is 1. The second-order valence-corrected chi connectivity index (χ2v) is 3.96. The van der Waals surface area contributed by atoms with Crippen molar-refractivity contribution in [1.29, 1.82) is 0 Å². The fourth-order valence-electron chi connectivity index (χ4n) is 1.56. The summed E-state index contributed by atoms with van der Waals surface area (Å²) in [6.07, 6.45) is 0. The average molecular weight is 293 g/mol. The molecule has 0 saturated heterocycles. The number of nitrogens with one attached hydrogen (secondary N) is 3. The highest BCUT2D eigenvalue weighted by molar-refractivity contribution is 6.03. The molecule has 2 rings (SSSR count). The molecule has 0 fully saturated rings. The van der Waals surface area contributed by atoms with Crippen molar-refractivity contribution < 1.29 is 19.1 Å². The van der Waals surface area contributed by atoms with Gasteiger partial charge in [-0.3, -0.25) is 14.6 Å². The highest BCUT2D eigenvalue weighted by Gasteiger charge is 2.13. The van der Waals surface area contributed by atoms with E-state index in [0.29, 0.717) is 0 Å². The lowest BCUT2D eigenvalue weighted by atomic mass is 10.2. The van der Waals surface area contributed by atoms with Crippen LogP contribution in [-0.4, -0.2) is 27.0 Å². The first-order valence-corrected chi connectivity index (χ1v) is 5.54. The zero-order valence-electron chi connectivity index (χ0n) is 10.3. The number of amides is 1. The van der Waals surface area contributed by atoms with Crippen molar-refractivity contribution in [3.8, 4) is 0 Å². The Labute approximate surface area is 115 Å². The van der Waals surface area contributed by atoms with Gasteiger partial charge in [0.05, 0.1) is 5.56 Å². The summed E-state index contributed by atoms with van der Waals surface area (Å²) < 4.78 is 13.2. The molecular formula is C12H8FN3O5. The Morgan fingerprint density at radius 3 is 2.48 bits per heavy atom. The van der Waals surface area contributed by atoms with Crippen LogP contribution in [-0.2, 0) is 0 Å². The molecule has 1 aromatic carbocycles. The maximum atomic E-state index is 13.2. The summed E-state index contributed by atoms with van der Waals surface area (Å²) in [4.78, 5) is 48.7. The first-order valence-electron chi connectivity index (χ1n) is 5.54. The maximum Gasteiger partial charge on any atom is 0.338 e. The molecule has 0 spiro atoms. The average Bonchev–Trinajstić information content (AvgIpc) is 2.39. The largest absolute Gasteiger partial charge is 0.478 e. The monoisotopic (exact) mass is 293 g/mol. The number of aromatic carboxylic acids is 1. The topological polar surface area (TPSA) is 132 Å². The highest BCUT2D eigenvalue weighted by Crippen LogP contribution is 2.15. The number of hydrogen-bond acceptors (Lipinski definition) is 4. The number of aromatic amines is 2. The first-order chi connectivity index (χ1) is 9.86. The maximum absolute atomic E-state index is 13.2. The zero-order chi connectivity index (χ0) is 15.6. The molecule has 1 amide bonds. The number of benzene rings is 1. The van der Waals surface area contributed by atoms with E-state index in [0.717, 1.165) is 24.3 Å². The van der Waals surface area contributed by atoms with Gasteiger partial charge in [-0.05, 0) is 18.2 Å². The minimum Gasteiger partial charge on any atom is -0.478 e. The Balaban J connectivity index is 2.31. The molecule has 2 aromatic rings. The minimum absolute atomic E-state index is 0.0000642. The summed E-state index contributed by atoms with van der Waals surface area (Å²) in [5.41, 5.74) is -2.57. The van der Waals surface area contributed by atoms with Crippen molar-refractivity contribution in [1.82, 2.24) is 9.97 Å².